The van der Waals surface area contributed by atoms with E-state index in [1.54, 1.807) is 20.8 Å². The van der Waals surface area contributed by atoms with E-state index in [2.05, 4.69) is 16.0 Å². The zero-order valence-corrected chi connectivity index (χ0v) is 14.0. The van der Waals surface area contributed by atoms with Gasteiger partial charge in [0.25, 0.3) is 0 Å². The first-order chi connectivity index (χ1) is 10.1. The lowest BCUT2D eigenvalue weighted by molar-refractivity contribution is -0.121. The Bertz CT molecular complexity index is 421. The Hall–Kier alpha value is -2.05. The van der Waals surface area contributed by atoms with Crippen molar-refractivity contribution in [3.05, 3.63) is 11.6 Å². The van der Waals surface area contributed by atoms with Crippen LogP contribution in [0.15, 0.2) is 11.6 Å². The summed E-state index contributed by atoms with van der Waals surface area (Å²) < 4.78 is 5.04. The molecule has 126 valence electrons. The van der Waals surface area contributed by atoms with Crippen LogP contribution < -0.4 is 16.0 Å². The predicted molar refractivity (Wildman–Crippen MR) is 84.3 cm³/mol. The zero-order chi connectivity index (χ0) is 17.2. The first-order valence-corrected chi connectivity index (χ1v) is 7.26. The Morgan fingerprint density at radius 2 is 1.55 bits per heavy atom. The van der Waals surface area contributed by atoms with Gasteiger partial charge in [-0.1, -0.05) is 5.57 Å². The molecule has 0 saturated carbocycles. The fourth-order valence-electron chi connectivity index (χ4n) is 1.38. The maximum atomic E-state index is 11.5. The molecule has 0 aromatic rings. The third-order valence-electron chi connectivity index (χ3n) is 2.19. The molecule has 0 fully saturated rings. The van der Waals surface area contributed by atoms with Gasteiger partial charge in [-0.05, 0) is 34.6 Å². The first-order valence-electron chi connectivity index (χ1n) is 7.26. The highest BCUT2D eigenvalue weighted by molar-refractivity contribution is 5.88. The maximum absolute atomic E-state index is 11.5. The number of ether oxygens (including phenoxy) is 1. The van der Waals surface area contributed by atoms with E-state index in [0.29, 0.717) is 13.1 Å². The summed E-state index contributed by atoms with van der Waals surface area (Å²) in [5, 5.41) is 7.80. The van der Waals surface area contributed by atoms with Gasteiger partial charge in [0, 0.05) is 32.1 Å². The molecule has 7 heteroatoms. The lowest BCUT2D eigenvalue weighted by Crippen LogP contribution is -2.37. The molecule has 0 bridgehead atoms. The van der Waals surface area contributed by atoms with Crippen molar-refractivity contribution >= 4 is 17.9 Å². The van der Waals surface area contributed by atoms with Crippen LogP contribution in [0.3, 0.4) is 0 Å². The van der Waals surface area contributed by atoms with Gasteiger partial charge in [0.1, 0.15) is 5.60 Å². The molecule has 0 rings (SSSR count). The molecule has 0 aliphatic heterocycles. The number of carbonyl (C=O) groups excluding carboxylic acids is 3. The van der Waals surface area contributed by atoms with E-state index < -0.39 is 11.7 Å². The number of hydrogen-bond acceptors (Lipinski definition) is 4. The van der Waals surface area contributed by atoms with Crippen molar-refractivity contribution in [1.29, 1.82) is 0 Å². The van der Waals surface area contributed by atoms with Crippen LogP contribution in [-0.2, 0) is 14.3 Å². The molecule has 3 amide bonds. The zero-order valence-electron chi connectivity index (χ0n) is 14.0. The van der Waals surface area contributed by atoms with Crippen LogP contribution in [0.5, 0.6) is 0 Å². The minimum atomic E-state index is -0.560. The smallest absolute Gasteiger partial charge is 0.407 e. The van der Waals surface area contributed by atoms with E-state index in [1.807, 2.05) is 13.8 Å². The summed E-state index contributed by atoms with van der Waals surface area (Å²) in [7, 11) is 0. The van der Waals surface area contributed by atoms with Crippen LogP contribution in [0.1, 0.15) is 41.0 Å². The molecule has 0 unspecified atom stereocenters. The number of amides is 3. The van der Waals surface area contributed by atoms with Gasteiger partial charge in [-0.25, -0.2) is 4.79 Å². The van der Waals surface area contributed by atoms with E-state index in [1.165, 1.54) is 6.08 Å². The topological polar surface area (TPSA) is 96.5 Å². The van der Waals surface area contributed by atoms with Gasteiger partial charge in [-0.3, -0.25) is 9.59 Å². The van der Waals surface area contributed by atoms with Crippen molar-refractivity contribution in [2.45, 2.75) is 46.6 Å². The number of carbonyl (C=O) groups is 3. The summed E-state index contributed by atoms with van der Waals surface area (Å²) in [6.45, 7) is 9.86. The third-order valence-corrected chi connectivity index (χ3v) is 2.19. The molecule has 0 radical (unpaired) electrons. The van der Waals surface area contributed by atoms with Gasteiger partial charge in [-0.2, -0.15) is 0 Å². The molecule has 22 heavy (non-hydrogen) atoms. The molecule has 0 heterocycles. The molecular formula is C15H27N3O4. The van der Waals surface area contributed by atoms with Crippen LogP contribution in [-0.4, -0.2) is 43.1 Å². The van der Waals surface area contributed by atoms with Crippen LogP contribution in [0.2, 0.25) is 0 Å². The number of allylic oxidation sites excluding steroid dienone is 1. The van der Waals surface area contributed by atoms with Crippen LogP contribution in [0.4, 0.5) is 4.79 Å². The molecule has 0 aromatic carbocycles. The summed E-state index contributed by atoms with van der Waals surface area (Å²) in [6.07, 6.45) is 1.10. The maximum Gasteiger partial charge on any atom is 0.407 e. The van der Waals surface area contributed by atoms with Gasteiger partial charge in [0.15, 0.2) is 0 Å². The molecule has 7 nitrogen and oxygen atoms in total. The molecule has 0 aliphatic carbocycles. The number of alkyl carbamates (subject to hydrolysis) is 1. The van der Waals surface area contributed by atoms with Crippen LogP contribution in [0, 0.1) is 0 Å². The monoisotopic (exact) mass is 313 g/mol. The molecule has 0 aromatic heterocycles. The fourth-order valence-corrected chi connectivity index (χ4v) is 1.38. The lowest BCUT2D eigenvalue weighted by atomic mass is 10.2. The van der Waals surface area contributed by atoms with Crippen LogP contribution >= 0.6 is 0 Å². The summed E-state index contributed by atoms with van der Waals surface area (Å²) >= 11 is 0. The standard InChI is InChI=1S/C15H27N3O4/c1-11(2)10-13(20)17-9-8-16-12(19)6-7-18-14(21)22-15(3,4)5/h10H,6-9H2,1-5H3,(H,16,19)(H,17,20)(H,18,21). The highest BCUT2D eigenvalue weighted by atomic mass is 16.6. The predicted octanol–water partition coefficient (Wildman–Crippen LogP) is 1.10. The largest absolute Gasteiger partial charge is 0.444 e. The average molecular weight is 313 g/mol. The molecule has 3 N–H and O–H groups in total. The van der Waals surface area contributed by atoms with Gasteiger partial charge >= 0.3 is 6.09 Å². The third kappa shape index (κ3) is 13.0. The molecule has 0 saturated heterocycles. The Morgan fingerprint density at radius 3 is 2.09 bits per heavy atom. The second-order valence-electron chi connectivity index (χ2n) is 6.04. The molecule has 0 aliphatic rings. The van der Waals surface area contributed by atoms with Crippen molar-refractivity contribution in [3.8, 4) is 0 Å². The summed E-state index contributed by atoms with van der Waals surface area (Å²) in [6, 6.07) is 0. The van der Waals surface area contributed by atoms with E-state index in [0.717, 1.165) is 5.57 Å². The van der Waals surface area contributed by atoms with Gasteiger partial charge < -0.3 is 20.7 Å². The minimum Gasteiger partial charge on any atom is -0.444 e. The van der Waals surface area contributed by atoms with E-state index >= 15 is 0 Å². The van der Waals surface area contributed by atoms with Crippen molar-refractivity contribution in [2.24, 2.45) is 0 Å². The lowest BCUT2D eigenvalue weighted by Gasteiger charge is -2.19. The fraction of sp³-hybridized carbons (Fsp3) is 0.667. The van der Waals surface area contributed by atoms with Crippen molar-refractivity contribution < 1.29 is 19.1 Å². The van der Waals surface area contributed by atoms with Gasteiger partial charge in [0.05, 0.1) is 0 Å². The highest BCUT2D eigenvalue weighted by Crippen LogP contribution is 2.06. The quantitative estimate of drug-likeness (QED) is 0.484. The second-order valence-corrected chi connectivity index (χ2v) is 6.04. The molecule has 0 atom stereocenters. The van der Waals surface area contributed by atoms with Crippen LogP contribution in [0.25, 0.3) is 0 Å². The summed E-state index contributed by atoms with van der Waals surface area (Å²) in [5.74, 6) is -0.381. The van der Waals surface area contributed by atoms with Gasteiger partial charge in [0.2, 0.25) is 11.8 Å². The normalized spacial score (nSPS) is 10.4. The van der Waals surface area contributed by atoms with Gasteiger partial charge in [-0.15, -0.1) is 0 Å². The highest BCUT2D eigenvalue weighted by Gasteiger charge is 2.15. The number of rotatable bonds is 7. The average Bonchev–Trinajstić information content (AvgIpc) is 2.31. The molecular weight excluding hydrogens is 286 g/mol. The van der Waals surface area contributed by atoms with Crippen molar-refractivity contribution in [2.75, 3.05) is 19.6 Å². The minimum absolute atomic E-state index is 0.154. The Kier molecular flexibility index (Phi) is 8.89. The van der Waals surface area contributed by atoms with E-state index in [4.69, 9.17) is 4.74 Å². The van der Waals surface area contributed by atoms with Crippen molar-refractivity contribution in [3.63, 3.8) is 0 Å². The molecule has 0 spiro atoms. The second kappa shape index (κ2) is 9.81. The number of hydrogen-bond donors (Lipinski definition) is 3. The Balaban J connectivity index is 3.69. The first kappa shape index (κ1) is 19.9. The Morgan fingerprint density at radius 1 is 0.955 bits per heavy atom. The summed E-state index contributed by atoms with van der Waals surface area (Å²) in [5.41, 5.74) is 0.352. The van der Waals surface area contributed by atoms with E-state index in [-0.39, 0.29) is 24.8 Å². The SMILES string of the molecule is CC(C)=CC(=O)NCCNC(=O)CCNC(=O)OC(C)(C)C. The van der Waals surface area contributed by atoms with E-state index in [9.17, 15) is 14.4 Å². The summed E-state index contributed by atoms with van der Waals surface area (Å²) in [4.78, 5) is 34.1. The van der Waals surface area contributed by atoms with Crippen molar-refractivity contribution in [1.82, 2.24) is 16.0 Å². The Labute approximate surface area is 131 Å². The number of nitrogens with one attached hydrogen (secondary N) is 3.